The van der Waals surface area contributed by atoms with Crippen molar-refractivity contribution >= 4 is 11.0 Å². The summed E-state index contributed by atoms with van der Waals surface area (Å²) in [6.45, 7) is 9.99. The van der Waals surface area contributed by atoms with Crippen molar-refractivity contribution in [3.8, 4) is 78.6 Å². The van der Waals surface area contributed by atoms with Crippen molar-refractivity contribution in [3.63, 3.8) is 0 Å². The van der Waals surface area contributed by atoms with Crippen molar-refractivity contribution in [2.45, 2.75) is 59.7 Å². The molecule has 0 amide bonds. The molecule has 7 aromatic carbocycles. The predicted octanol–water partition coefficient (Wildman–Crippen LogP) is 15.0. The number of phenols is 1. The van der Waals surface area contributed by atoms with Crippen molar-refractivity contribution in [2.24, 2.45) is 0 Å². The fourth-order valence-electron chi connectivity index (χ4n) is 8.22. The zero-order valence-electron chi connectivity index (χ0n) is 39.7. The van der Waals surface area contributed by atoms with Gasteiger partial charge in [0, 0.05) is 49.6 Å². The summed E-state index contributed by atoms with van der Waals surface area (Å²) in [4.78, 5) is 10.4. The molecule has 0 unspecified atom stereocenters. The van der Waals surface area contributed by atoms with Gasteiger partial charge in [0.1, 0.15) is 11.6 Å². The second-order valence-corrected chi connectivity index (χ2v) is 17.1. The van der Waals surface area contributed by atoms with E-state index in [2.05, 4.69) is 105 Å². The minimum atomic E-state index is -2.19. The Labute approximate surface area is 385 Å². The second kappa shape index (κ2) is 17.2. The van der Waals surface area contributed by atoms with Crippen molar-refractivity contribution in [1.29, 1.82) is 0 Å². The van der Waals surface area contributed by atoms with E-state index < -0.39 is 12.7 Å². The van der Waals surface area contributed by atoms with Gasteiger partial charge in [0.15, 0.2) is 0 Å². The fraction of sp³-hybridized carbons (Fsp3) is 0.158. The molecule has 2 aromatic heterocycles. The molecule has 1 N–H and O–H groups in total. The van der Waals surface area contributed by atoms with E-state index >= 15 is 0 Å². The average Bonchev–Trinajstić information content (AvgIpc) is 3.68. The Balaban J connectivity index is 0.00000592. The maximum atomic E-state index is 12.3. The van der Waals surface area contributed by atoms with Gasteiger partial charge >= 0.3 is 0 Å². The number of hydrogen-bond donors (Lipinski definition) is 1. The Bertz CT molecular complexity index is 3220. The maximum absolute atomic E-state index is 12.3. The van der Waals surface area contributed by atoms with Crippen LogP contribution in [0, 0.1) is 19.8 Å². The minimum absolute atomic E-state index is 0. The van der Waals surface area contributed by atoms with Crippen LogP contribution in [0.2, 0.25) is 0 Å². The van der Waals surface area contributed by atoms with Crippen molar-refractivity contribution in [2.75, 3.05) is 0 Å². The Hall–Kier alpha value is -6.35. The van der Waals surface area contributed by atoms with E-state index in [1.165, 1.54) is 0 Å². The third-order valence-corrected chi connectivity index (χ3v) is 11.4. The number of nitrogens with zero attached hydrogens (tertiary/aromatic N) is 3. The van der Waals surface area contributed by atoms with Crippen LogP contribution >= 0.6 is 0 Å². The topological polar surface area (TPSA) is 50.9 Å². The van der Waals surface area contributed by atoms with Crippen molar-refractivity contribution in [1.82, 2.24) is 14.5 Å². The number of imidazole rings is 1. The third kappa shape index (κ3) is 8.20. The summed E-state index contributed by atoms with van der Waals surface area (Å²) in [5.41, 5.74) is 14.6. The van der Waals surface area contributed by atoms with E-state index in [1.54, 1.807) is 18.3 Å². The van der Waals surface area contributed by atoms with E-state index in [9.17, 15) is 5.11 Å². The molecular weight excluding hydrogens is 938 g/mol. The quantitative estimate of drug-likeness (QED) is 0.154. The smallest absolute Gasteiger partial charge is 0.148 e. The van der Waals surface area contributed by atoms with Gasteiger partial charge < -0.3 is 5.11 Å². The molecule has 9 aromatic rings. The van der Waals surface area contributed by atoms with E-state index in [0.29, 0.717) is 22.6 Å². The number of benzene rings is 7. The largest absolute Gasteiger partial charge is 0.507 e. The Morgan fingerprint density at radius 3 is 2.03 bits per heavy atom. The molecule has 0 bridgehead atoms. The first-order valence-corrected chi connectivity index (χ1v) is 20.7. The molecular formula is C57H50N3OPt-. The molecule has 0 aliphatic rings. The van der Waals surface area contributed by atoms with Gasteiger partial charge in [0.25, 0.3) is 0 Å². The number of phenolic OH excluding ortho intramolecular Hbond substituents is 1. The van der Waals surface area contributed by atoms with E-state index in [-0.39, 0.29) is 32.2 Å². The molecule has 310 valence electrons. The van der Waals surface area contributed by atoms with Gasteiger partial charge in [0.05, 0.1) is 22.3 Å². The Morgan fingerprint density at radius 2 is 1.34 bits per heavy atom. The summed E-state index contributed by atoms with van der Waals surface area (Å²) in [7, 11) is 0. The molecule has 9 rings (SSSR count). The summed E-state index contributed by atoms with van der Waals surface area (Å²) in [5.74, 6) is -0.0700. The SMILES string of the molecule is [2H]C([2H])([2H])c1ccc(-c2ccnc(-c3[c-]c(-c4cccc5c4nc(-c4cc(C)cc(C(C)(C)C)c4O)n5-c4ccc(C([2H])(C)C)cc4-c4ccccc4)cc(-c4ccccc4)c3)c2)cc1.[Pt]. The van der Waals surface area contributed by atoms with Crippen LogP contribution in [0.25, 0.3) is 83.9 Å². The van der Waals surface area contributed by atoms with Crippen molar-refractivity contribution in [3.05, 3.63) is 192 Å². The molecule has 0 aliphatic carbocycles. The summed E-state index contributed by atoms with van der Waals surface area (Å²) in [5, 5.41) is 12.3. The van der Waals surface area contributed by atoms with Gasteiger partial charge in [0.2, 0.25) is 0 Å². The number of pyridine rings is 1. The molecule has 0 saturated heterocycles. The molecule has 0 saturated carbocycles. The monoisotopic (exact) mass is 991 g/mol. The van der Waals surface area contributed by atoms with E-state index in [4.69, 9.17) is 15.5 Å². The van der Waals surface area contributed by atoms with Crippen LogP contribution in [0.15, 0.2) is 164 Å². The predicted molar refractivity (Wildman–Crippen MR) is 254 cm³/mol. The molecule has 4 nitrogen and oxygen atoms in total. The fourth-order valence-corrected chi connectivity index (χ4v) is 8.22. The van der Waals surface area contributed by atoms with Crippen LogP contribution in [0.3, 0.4) is 0 Å². The number of hydrogen-bond acceptors (Lipinski definition) is 3. The number of para-hydroxylation sites is 1. The molecule has 5 heteroatoms. The summed E-state index contributed by atoms with van der Waals surface area (Å²) >= 11 is 0. The number of aromatic hydroxyl groups is 1. The summed E-state index contributed by atoms with van der Waals surface area (Å²) in [6, 6.07) is 55.9. The van der Waals surface area contributed by atoms with Crippen LogP contribution < -0.4 is 0 Å². The number of aromatic nitrogens is 3. The first-order valence-electron chi connectivity index (χ1n) is 22.7. The first-order chi connectivity index (χ1) is 30.9. The zero-order valence-corrected chi connectivity index (χ0v) is 38.0. The van der Waals surface area contributed by atoms with Gasteiger partial charge in [-0.1, -0.05) is 172 Å². The van der Waals surface area contributed by atoms with E-state index in [0.717, 1.165) is 83.5 Å². The molecule has 62 heavy (non-hydrogen) atoms. The minimum Gasteiger partial charge on any atom is -0.507 e. The van der Waals surface area contributed by atoms with Gasteiger partial charge in [-0.3, -0.25) is 9.55 Å². The van der Waals surface area contributed by atoms with Crippen molar-refractivity contribution < 1.29 is 31.7 Å². The maximum Gasteiger partial charge on any atom is 0.148 e. The van der Waals surface area contributed by atoms with Crippen LogP contribution in [0.5, 0.6) is 5.75 Å². The number of rotatable bonds is 8. The molecule has 0 radical (unpaired) electrons. The standard InChI is InChI=1S/C57H50N3O.Pt/c1-36(2)42-25-26-52(48(34-42)41-17-12-9-13-18-41)60-53-20-14-19-47(54(53)59-56(60)49-29-38(4)30-50(55(49)61)57(5,6)7)45-31-44(39-15-10-8-11-16-39)32-46(33-45)51-35-43(27-28-58-51)40-23-21-37(3)22-24-40;/h8-32,34-36,61H,1-7H3;/q-1;/i3D3,36D;. The molecule has 0 fully saturated rings. The number of fused-ring (bicyclic) bond motifs is 1. The molecule has 2 heterocycles. The second-order valence-electron chi connectivity index (χ2n) is 17.1. The summed E-state index contributed by atoms with van der Waals surface area (Å²) in [6.07, 6.45) is 1.78. The Morgan fingerprint density at radius 1 is 0.645 bits per heavy atom. The van der Waals surface area contributed by atoms with Crippen LogP contribution in [-0.2, 0) is 26.5 Å². The molecule has 0 atom stereocenters. The zero-order chi connectivity index (χ0) is 45.8. The van der Waals surface area contributed by atoms with E-state index in [1.807, 2.05) is 92.7 Å². The van der Waals surface area contributed by atoms with Gasteiger partial charge in [-0.05, 0) is 88.8 Å². The van der Waals surface area contributed by atoms with Crippen LogP contribution in [0.1, 0.15) is 68.2 Å². The average molecular weight is 992 g/mol. The molecule has 0 spiro atoms. The van der Waals surface area contributed by atoms with Gasteiger partial charge in [-0.2, -0.15) is 0 Å². The van der Waals surface area contributed by atoms with Crippen LogP contribution in [-0.4, -0.2) is 19.6 Å². The van der Waals surface area contributed by atoms with Gasteiger partial charge in [-0.15, -0.1) is 23.8 Å². The molecule has 0 aliphatic heterocycles. The first kappa shape index (κ1) is 37.4. The third-order valence-electron chi connectivity index (χ3n) is 11.4. The normalized spacial score (nSPS) is 12.9. The number of aryl methyl sites for hydroxylation is 2. The summed E-state index contributed by atoms with van der Waals surface area (Å²) < 4.78 is 34.7. The van der Waals surface area contributed by atoms with Gasteiger partial charge in [-0.25, -0.2) is 4.98 Å². The Kier molecular flexibility index (Phi) is 10.4. The van der Waals surface area contributed by atoms with Crippen LogP contribution in [0.4, 0.5) is 0 Å².